The van der Waals surface area contributed by atoms with E-state index in [4.69, 9.17) is 5.11 Å². The maximum Gasteiger partial charge on any atom is 0.336 e. The zero-order chi connectivity index (χ0) is 12.4. The molecule has 4 nitrogen and oxygen atoms in total. The lowest BCUT2D eigenvalue weighted by molar-refractivity contribution is 0.0698. The fourth-order valence-corrected chi connectivity index (χ4v) is 1.69. The Hall–Kier alpha value is -2.49. The number of aromatic carboxylic acids is 1. The van der Waals surface area contributed by atoms with E-state index in [1.54, 1.807) is 12.1 Å². The van der Waals surface area contributed by atoms with E-state index in [2.05, 4.69) is 0 Å². The lowest BCUT2D eigenvalue weighted by Gasteiger charge is -2.09. The summed E-state index contributed by atoms with van der Waals surface area (Å²) in [6.07, 6.45) is 0. The summed E-state index contributed by atoms with van der Waals surface area (Å²) in [5.41, 5.74) is 0.449. The first-order valence-corrected chi connectivity index (χ1v) is 4.95. The number of phenols is 2. The second-order valence-corrected chi connectivity index (χ2v) is 3.52. The minimum Gasteiger partial charge on any atom is -0.507 e. The fraction of sp³-hybridized carbons (Fsp3) is 0. The molecule has 0 fully saturated rings. The quantitative estimate of drug-likeness (QED) is 0.740. The number of carboxylic acids is 1. The molecule has 0 aromatic heterocycles. The Morgan fingerprint density at radius 2 is 1.47 bits per heavy atom. The van der Waals surface area contributed by atoms with Gasteiger partial charge in [-0.15, -0.1) is 0 Å². The van der Waals surface area contributed by atoms with Crippen molar-refractivity contribution in [1.82, 2.24) is 0 Å². The van der Waals surface area contributed by atoms with Crippen LogP contribution in [0.5, 0.6) is 11.5 Å². The minimum absolute atomic E-state index is 0.0318. The minimum atomic E-state index is -1.11. The summed E-state index contributed by atoms with van der Waals surface area (Å²) in [6, 6.07) is 10.5. The second-order valence-electron chi connectivity index (χ2n) is 3.52. The molecule has 0 radical (unpaired) electrons. The summed E-state index contributed by atoms with van der Waals surface area (Å²) in [4.78, 5) is 11.1. The van der Waals surface area contributed by atoms with E-state index in [0.717, 1.165) is 0 Å². The van der Waals surface area contributed by atoms with Crippen molar-refractivity contribution in [2.75, 3.05) is 0 Å². The average Bonchev–Trinajstić information content (AvgIpc) is 2.29. The molecule has 2 aromatic carbocycles. The van der Waals surface area contributed by atoms with Crippen molar-refractivity contribution >= 4 is 5.97 Å². The van der Waals surface area contributed by atoms with Crippen LogP contribution in [0.2, 0.25) is 0 Å². The molecule has 0 heterocycles. The monoisotopic (exact) mass is 230 g/mol. The molecule has 0 saturated heterocycles. The molecule has 0 aliphatic rings. The molecular weight excluding hydrogens is 220 g/mol. The van der Waals surface area contributed by atoms with Crippen molar-refractivity contribution in [3.05, 3.63) is 48.0 Å². The smallest absolute Gasteiger partial charge is 0.336 e. The Morgan fingerprint density at radius 1 is 0.882 bits per heavy atom. The van der Waals surface area contributed by atoms with Gasteiger partial charge in [-0.25, -0.2) is 4.79 Å². The van der Waals surface area contributed by atoms with E-state index in [1.165, 1.54) is 30.3 Å². The third-order valence-corrected chi connectivity index (χ3v) is 2.45. The first-order valence-electron chi connectivity index (χ1n) is 4.95. The molecule has 0 amide bonds. The van der Waals surface area contributed by atoms with Crippen molar-refractivity contribution in [2.45, 2.75) is 0 Å². The summed E-state index contributed by atoms with van der Waals surface area (Å²) in [7, 11) is 0. The van der Waals surface area contributed by atoms with Crippen molar-refractivity contribution in [1.29, 1.82) is 0 Å². The van der Waals surface area contributed by atoms with Crippen molar-refractivity contribution in [3.8, 4) is 22.6 Å². The molecule has 4 heteroatoms. The average molecular weight is 230 g/mol. The molecular formula is C13H10O4. The van der Waals surface area contributed by atoms with Crippen LogP contribution in [0.3, 0.4) is 0 Å². The molecule has 3 N–H and O–H groups in total. The second kappa shape index (κ2) is 4.17. The summed E-state index contributed by atoms with van der Waals surface area (Å²) in [5.74, 6) is -1.42. The summed E-state index contributed by atoms with van der Waals surface area (Å²) < 4.78 is 0. The van der Waals surface area contributed by atoms with Crippen LogP contribution in [0.1, 0.15) is 10.4 Å². The lowest BCUT2D eigenvalue weighted by Crippen LogP contribution is -1.99. The molecule has 17 heavy (non-hydrogen) atoms. The molecule has 86 valence electrons. The topological polar surface area (TPSA) is 77.8 Å². The van der Waals surface area contributed by atoms with E-state index in [-0.39, 0.29) is 28.2 Å². The van der Waals surface area contributed by atoms with Crippen molar-refractivity contribution in [3.63, 3.8) is 0 Å². The van der Waals surface area contributed by atoms with Gasteiger partial charge >= 0.3 is 5.97 Å². The predicted molar refractivity (Wildman–Crippen MR) is 62.2 cm³/mol. The number of carbonyl (C=O) groups is 1. The Kier molecular flexibility index (Phi) is 2.70. The molecule has 2 aromatic rings. The first kappa shape index (κ1) is 11.0. The molecule has 0 spiro atoms. The zero-order valence-corrected chi connectivity index (χ0v) is 8.79. The number of hydrogen-bond acceptors (Lipinski definition) is 3. The van der Waals surface area contributed by atoms with E-state index in [9.17, 15) is 15.0 Å². The summed E-state index contributed by atoms with van der Waals surface area (Å²) in [6.45, 7) is 0. The Balaban J connectivity index is 2.73. The normalized spacial score (nSPS) is 10.1. The number of benzene rings is 2. The van der Waals surface area contributed by atoms with E-state index < -0.39 is 5.97 Å². The van der Waals surface area contributed by atoms with Crippen LogP contribution in [0.25, 0.3) is 11.1 Å². The zero-order valence-electron chi connectivity index (χ0n) is 8.79. The SMILES string of the molecule is O=C(O)c1ccccc1-c1c(O)cccc1O. The van der Waals surface area contributed by atoms with Gasteiger partial charge in [0.15, 0.2) is 0 Å². The number of carboxylic acid groups (broad SMARTS) is 1. The van der Waals surface area contributed by atoms with Crippen LogP contribution in [-0.2, 0) is 0 Å². The Bertz CT molecular complexity index is 555. The van der Waals surface area contributed by atoms with Gasteiger partial charge in [0.2, 0.25) is 0 Å². The van der Waals surface area contributed by atoms with Gasteiger partial charge in [-0.05, 0) is 18.2 Å². The van der Waals surface area contributed by atoms with Crippen LogP contribution in [0.4, 0.5) is 0 Å². The van der Waals surface area contributed by atoms with Gasteiger partial charge in [0.1, 0.15) is 11.5 Å². The number of phenolic OH excluding ortho intramolecular Hbond substituents is 2. The lowest BCUT2D eigenvalue weighted by atomic mass is 9.98. The van der Waals surface area contributed by atoms with Gasteiger partial charge < -0.3 is 15.3 Å². The largest absolute Gasteiger partial charge is 0.507 e. The van der Waals surface area contributed by atoms with Crippen LogP contribution < -0.4 is 0 Å². The third kappa shape index (κ3) is 1.92. The molecule has 0 atom stereocenters. The van der Waals surface area contributed by atoms with E-state index in [0.29, 0.717) is 0 Å². The summed E-state index contributed by atoms with van der Waals surface area (Å²) in [5, 5.41) is 28.4. The fourth-order valence-electron chi connectivity index (χ4n) is 1.69. The van der Waals surface area contributed by atoms with Gasteiger partial charge in [-0.1, -0.05) is 24.3 Å². The van der Waals surface area contributed by atoms with Gasteiger partial charge in [0.05, 0.1) is 11.1 Å². The van der Waals surface area contributed by atoms with Crippen molar-refractivity contribution < 1.29 is 20.1 Å². The number of hydrogen-bond donors (Lipinski definition) is 3. The van der Waals surface area contributed by atoms with E-state index >= 15 is 0 Å². The van der Waals surface area contributed by atoms with Crippen LogP contribution in [-0.4, -0.2) is 21.3 Å². The first-order chi connectivity index (χ1) is 8.11. The molecule has 0 aliphatic heterocycles. The van der Waals surface area contributed by atoms with Crippen molar-refractivity contribution in [2.24, 2.45) is 0 Å². The molecule has 0 unspecified atom stereocenters. The predicted octanol–water partition coefficient (Wildman–Crippen LogP) is 2.46. The maximum atomic E-state index is 11.1. The van der Waals surface area contributed by atoms with Gasteiger partial charge in [0.25, 0.3) is 0 Å². The highest BCUT2D eigenvalue weighted by atomic mass is 16.4. The van der Waals surface area contributed by atoms with Gasteiger partial charge in [-0.2, -0.15) is 0 Å². The van der Waals surface area contributed by atoms with Crippen LogP contribution in [0, 0.1) is 0 Å². The van der Waals surface area contributed by atoms with E-state index in [1.807, 2.05) is 0 Å². The highest BCUT2D eigenvalue weighted by Gasteiger charge is 2.16. The van der Waals surface area contributed by atoms with Gasteiger partial charge in [0, 0.05) is 5.56 Å². The van der Waals surface area contributed by atoms with Crippen LogP contribution in [0.15, 0.2) is 42.5 Å². The Morgan fingerprint density at radius 3 is 2.06 bits per heavy atom. The standard InChI is InChI=1S/C13H10O4/c14-10-6-3-7-11(15)12(10)8-4-1-2-5-9(8)13(16)17/h1-7,14-15H,(H,16,17). The number of aromatic hydroxyl groups is 2. The summed E-state index contributed by atoms with van der Waals surface area (Å²) >= 11 is 0. The van der Waals surface area contributed by atoms with Gasteiger partial charge in [-0.3, -0.25) is 0 Å². The molecule has 0 bridgehead atoms. The third-order valence-electron chi connectivity index (χ3n) is 2.45. The highest BCUT2D eigenvalue weighted by Crippen LogP contribution is 2.38. The molecule has 0 aliphatic carbocycles. The molecule has 0 saturated carbocycles. The molecule has 2 rings (SSSR count). The Labute approximate surface area is 97.4 Å². The number of rotatable bonds is 2. The maximum absolute atomic E-state index is 11.1. The highest BCUT2D eigenvalue weighted by molar-refractivity contribution is 5.98. The van der Waals surface area contributed by atoms with Crippen LogP contribution >= 0.6 is 0 Å².